The van der Waals surface area contributed by atoms with Crippen molar-refractivity contribution >= 4 is 51.7 Å². The number of thioether (sulfide) groups is 1. The van der Waals surface area contributed by atoms with Crippen LogP contribution in [-0.2, 0) is 16.6 Å². The van der Waals surface area contributed by atoms with Crippen LogP contribution in [0.2, 0.25) is 0 Å². The van der Waals surface area contributed by atoms with E-state index in [4.69, 9.17) is 0 Å². The summed E-state index contributed by atoms with van der Waals surface area (Å²) in [7, 11) is -0.322. The number of hydrogen-bond donors (Lipinski definition) is 2. The van der Waals surface area contributed by atoms with Crippen LogP contribution in [0, 0.1) is 0 Å². The molecule has 0 radical (unpaired) electrons. The Balaban J connectivity index is 0.00000364. The molecule has 1 atom stereocenters. The van der Waals surface area contributed by atoms with Crippen LogP contribution in [0.3, 0.4) is 0 Å². The maximum Gasteiger partial charge on any atom is 0.242 e. The normalized spacial score (nSPS) is 20.4. The number of nitrogens with zero attached hydrogens (tertiary/aromatic N) is 2. The first kappa shape index (κ1) is 24.5. The summed E-state index contributed by atoms with van der Waals surface area (Å²) in [4.78, 5) is 4.93. The summed E-state index contributed by atoms with van der Waals surface area (Å²) in [6.07, 6.45) is 2.50. The van der Waals surface area contributed by atoms with Crippen LogP contribution >= 0.6 is 35.7 Å². The zero-order valence-corrected chi connectivity index (χ0v) is 20.5. The van der Waals surface area contributed by atoms with Gasteiger partial charge in [0.25, 0.3) is 0 Å². The van der Waals surface area contributed by atoms with E-state index >= 15 is 0 Å². The van der Waals surface area contributed by atoms with Gasteiger partial charge in [0.05, 0.1) is 11.4 Å². The topological polar surface area (TPSA) is 73.8 Å². The Kier molecular flexibility index (Phi) is 9.87. The molecule has 1 aliphatic rings. The summed E-state index contributed by atoms with van der Waals surface area (Å²) in [5, 5.41) is 6.71. The molecular formula is C18H31IN4O2S2. The molecule has 0 aromatic heterocycles. The van der Waals surface area contributed by atoms with E-state index in [2.05, 4.69) is 22.5 Å². The van der Waals surface area contributed by atoms with Crippen LogP contribution in [0.15, 0.2) is 34.2 Å². The number of guanidine groups is 1. The molecule has 1 heterocycles. The van der Waals surface area contributed by atoms with Crippen molar-refractivity contribution in [1.29, 1.82) is 0 Å². The minimum Gasteiger partial charge on any atom is -0.357 e. The first-order valence-corrected chi connectivity index (χ1v) is 11.4. The average molecular weight is 527 g/mol. The SMILES string of the molecule is CCNC(=NCc1ccc(S(=O)(=O)N(C)C)cc1)NCC1(C)CCCS1.I. The number of hydrogen-bond acceptors (Lipinski definition) is 4. The number of sulfonamides is 1. The highest BCUT2D eigenvalue weighted by Gasteiger charge is 2.29. The molecule has 0 spiro atoms. The molecule has 9 heteroatoms. The lowest BCUT2D eigenvalue weighted by atomic mass is 10.1. The van der Waals surface area contributed by atoms with E-state index in [1.807, 2.05) is 30.8 Å². The summed E-state index contributed by atoms with van der Waals surface area (Å²) < 4.78 is 25.7. The predicted molar refractivity (Wildman–Crippen MR) is 126 cm³/mol. The van der Waals surface area contributed by atoms with Gasteiger partial charge in [-0.2, -0.15) is 11.8 Å². The fourth-order valence-corrected chi connectivity index (χ4v) is 4.88. The summed E-state index contributed by atoms with van der Waals surface area (Å²) in [5.41, 5.74) is 0.973. The Morgan fingerprint density at radius 3 is 2.44 bits per heavy atom. The van der Waals surface area contributed by atoms with E-state index in [9.17, 15) is 8.42 Å². The molecule has 1 unspecified atom stereocenters. The highest BCUT2D eigenvalue weighted by atomic mass is 127. The average Bonchev–Trinajstić information content (AvgIpc) is 3.04. The van der Waals surface area contributed by atoms with Gasteiger partial charge >= 0.3 is 0 Å². The second-order valence-electron chi connectivity index (χ2n) is 6.88. The van der Waals surface area contributed by atoms with Crippen LogP contribution in [0.25, 0.3) is 0 Å². The van der Waals surface area contributed by atoms with E-state index < -0.39 is 10.0 Å². The summed E-state index contributed by atoms with van der Waals surface area (Å²) in [5.74, 6) is 2.03. The fourth-order valence-electron chi connectivity index (χ4n) is 2.74. The van der Waals surface area contributed by atoms with Crippen molar-refractivity contribution in [2.75, 3.05) is 32.9 Å². The lowest BCUT2D eigenvalue weighted by Gasteiger charge is -2.24. The van der Waals surface area contributed by atoms with Crippen molar-refractivity contribution in [2.24, 2.45) is 4.99 Å². The predicted octanol–water partition coefficient (Wildman–Crippen LogP) is 2.90. The molecule has 1 aromatic rings. The van der Waals surface area contributed by atoms with Gasteiger partial charge < -0.3 is 10.6 Å². The summed E-state index contributed by atoms with van der Waals surface area (Å²) in [6, 6.07) is 6.91. The maximum absolute atomic E-state index is 12.1. The van der Waals surface area contributed by atoms with Gasteiger partial charge in [-0.1, -0.05) is 12.1 Å². The molecule has 2 rings (SSSR count). The van der Waals surface area contributed by atoms with E-state index in [1.54, 1.807) is 12.1 Å². The largest absolute Gasteiger partial charge is 0.357 e. The van der Waals surface area contributed by atoms with Crippen LogP contribution < -0.4 is 10.6 Å². The molecule has 0 saturated carbocycles. The molecular weight excluding hydrogens is 495 g/mol. The third-order valence-electron chi connectivity index (χ3n) is 4.40. The number of rotatable bonds is 7. The van der Waals surface area contributed by atoms with Crippen LogP contribution in [0.5, 0.6) is 0 Å². The van der Waals surface area contributed by atoms with Crippen molar-refractivity contribution in [3.63, 3.8) is 0 Å². The van der Waals surface area contributed by atoms with Crippen LogP contribution in [0.4, 0.5) is 0 Å². The van der Waals surface area contributed by atoms with Gasteiger partial charge in [0.15, 0.2) is 5.96 Å². The number of aliphatic imine (C=N–C) groups is 1. The first-order chi connectivity index (χ1) is 12.3. The lowest BCUT2D eigenvalue weighted by Crippen LogP contribution is -2.43. The third-order valence-corrected chi connectivity index (χ3v) is 7.76. The highest BCUT2D eigenvalue weighted by molar-refractivity contribution is 14.0. The highest BCUT2D eigenvalue weighted by Crippen LogP contribution is 2.36. The summed E-state index contributed by atoms with van der Waals surface area (Å²) in [6.45, 7) is 6.54. The Bertz CT molecular complexity index is 715. The quantitative estimate of drug-likeness (QED) is 0.325. The standard InChI is InChI=1S/C18H30N4O2S2.HI/c1-5-19-17(21-14-18(2)11-6-12-25-18)20-13-15-7-9-16(10-8-15)26(23,24)22(3)4;/h7-10H,5-6,11-14H2,1-4H3,(H2,19,20,21);1H. The maximum atomic E-state index is 12.1. The van der Waals surface area contributed by atoms with Crippen molar-refractivity contribution in [1.82, 2.24) is 14.9 Å². The number of benzene rings is 1. The Morgan fingerprint density at radius 1 is 1.26 bits per heavy atom. The first-order valence-electron chi connectivity index (χ1n) is 8.94. The van der Waals surface area contributed by atoms with E-state index in [0.717, 1.165) is 24.6 Å². The van der Waals surface area contributed by atoms with E-state index in [1.165, 1.54) is 37.0 Å². The van der Waals surface area contributed by atoms with Gasteiger partial charge in [-0.05, 0) is 50.1 Å². The molecule has 0 aliphatic carbocycles. The van der Waals surface area contributed by atoms with Gasteiger partial charge in [0.1, 0.15) is 0 Å². The fraction of sp³-hybridized carbons (Fsp3) is 0.611. The Hall–Kier alpha value is -0.520. The summed E-state index contributed by atoms with van der Waals surface area (Å²) >= 11 is 2.02. The molecule has 0 amide bonds. The number of halogens is 1. The second kappa shape index (κ2) is 10.9. The van der Waals surface area contributed by atoms with Crippen molar-refractivity contribution in [3.05, 3.63) is 29.8 Å². The van der Waals surface area contributed by atoms with Gasteiger partial charge in [-0.15, -0.1) is 24.0 Å². The van der Waals surface area contributed by atoms with Crippen LogP contribution in [0.1, 0.15) is 32.3 Å². The molecule has 154 valence electrons. The molecule has 6 nitrogen and oxygen atoms in total. The molecule has 1 aromatic carbocycles. The lowest BCUT2D eigenvalue weighted by molar-refractivity contribution is 0.520. The van der Waals surface area contributed by atoms with Crippen molar-refractivity contribution in [3.8, 4) is 0 Å². The number of nitrogens with one attached hydrogen (secondary N) is 2. The van der Waals surface area contributed by atoms with E-state index in [-0.39, 0.29) is 28.7 Å². The molecule has 2 N–H and O–H groups in total. The minimum atomic E-state index is -3.39. The van der Waals surface area contributed by atoms with E-state index in [0.29, 0.717) is 11.4 Å². The zero-order valence-electron chi connectivity index (χ0n) is 16.5. The molecule has 1 aliphatic heterocycles. The van der Waals surface area contributed by atoms with Crippen molar-refractivity contribution < 1.29 is 8.42 Å². The second-order valence-corrected chi connectivity index (χ2v) is 10.7. The Morgan fingerprint density at radius 2 is 1.93 bits per heavy atom. The molecule has 1 fully saturated rings. The smallest absolute Gasteiger partial charge is 0.242 e. The minimum absolute atomic E-state index is 0. The molecule has 1 saturated heterocycles. The van der Waals surface area contributed by atoms with Crippen molar-refractivity contribution in [2.45, 2.75) is 42.9 Å². The monoisotopic (exact) mass is 526 g/mol. The van der Waals surface area contributed by atoms with Gasteiger partial charge in [0, 0.05) is 31.9 Å². The molecule has 0 bridgehead atoms. The Labute approximate surface area is 185 Å². The zero-order chi connectivity index (χ0) is 19.2. The van der Waals surface area contributed by atoms with Gasteiger partial charge in [-0.3, -0.25) is 0 Å². The van der Waals surface area contributed by atoms with Crippen LogP contribution in [-0.4, -0.2) is 56.4 Å². The third kappa shape index (κ3) is 7.10. The van der Waals surface area contributed by atoms with Gasteiger partial charge in [-0.25, -0.2) is 17.7 Å². The van der Waals surface area contributed by atoms with Gasteiger partial charge in [0.2, 0.25) is 10.0 Å². The molecule has 27 heavy (non-hydrogen) atoms.